The van der Waals surface area contributed by atoms with Crippen molar-refractivity contribution in [2.24, 2.45) is 10.7 Å². The number of hydrogen-bond donors (Lipinski definition) is 2. The molecule has 0 fully saturated rings. The molecule has 6 heteroatoms. The van der Waals surface area contributed by atoms with Crippen LogP contribution in [0.1, 0.15) is 27.0 Å². The van der Waals surface area contributed by atoms with Gasteiger partial charge in [-0.25, -0.2) is 4.99 Å². The highest BCUT2D eigenvalue weighted by molar-refractivity contribution is 14.0. The van der Waals surface area contributed by atoms with E-state index in [4.69, 9.17) is 5.73 Å². The molecular weight excluding hydrogens is 427 g/mol. The monoisotopic (exact) mass is 452 g/mol. The maximum Gasteiger partial charge on any atom is 0.253 e. The molecule has 25 heavy (non-hydrogen) atoms. The summed E-state index contributed by atoms with van der Waals surface area (Å²) in [5.74, 6) is 0.354. The minimum Gasteiger partial charge on any atom is -0.370 e. The fourth-order valence-electron chi connectivity index (χ4n) is 2.19. The maximum absolute atomic E-state index is 11.8. The Kier molecular flexibility index (Phi) is 7.89. The fraction of sp³-hybridized carbons (Fsp3) is 0.263. The molecule has 0 spiro atoms. The topological polar surface area (TPSA) is 70.7 Å². The molecule has 2 aromatic carbocycles. The van der Waals surface area contributed by atoms with Crippen molar-refractivity contribution in [2.45, 2.75) is 20.4 Å². The summed E-state index contributed by atoms with van der Waals surface area (Å²) in [5, 5.41) is 3.09. The minimum absolute atomic E-state index is 0. The number of nitrogens with two attached hydrogens (primary N) is 1. The number of guanidine groups is 1. The predicted molar refractivity (Wildman–Crippen MR) is 115 cm³/mol. The van der Waals surface area contributed by atoms with Gasteiger partial charge in [-0.15, -0.1) is 24.0 Å². The Morgan fingerprint density at radius 1 is 1.08 bits per heavy atom. The third kappa shape index (κ3) is 6.04. The lowest BCUT2D eigenvalue weighted by Crippen LogP contribution is -2.22. The second-order valence-corrected chi connectivity index (χ2v) is 6.02. The second-order valence-electron chi connectivity index (χ2n) is 6.02. The zero-order chi connectivity index (χ0) is 17.7. The van der Waals surface area contributed by atoms with Crippen LogP contribution in [0.2, 0.25) is 0 Å². The van der Waals surface area contributed by atoms with Crippen molar-refractivity contribution in [3.8, 4) is 0 Å². The molecule has 1 amide bonds. The number of nitrogens with one attached hydrogen (secondary N) is 1. The highest BCUT2D eigenvalue weighted by atomic mass is 127. The van der Waals surface area contributed by atoms with Crippen LogP contribution in [0.25, 0.3) is 0 Å². The number of halogens is 1. The van der Waals surface area contributed by atoms with Crippen molar-refractivity contribution in [3.05, 3.63) is 64.7 Å². The van der Waals surface area contributed by atoms with Gasteiger partial charge in [0.2, 0.25) is 0 Å². The van der Waals surface area contributed by atoms with Crippen LogP contribution in [-0.4, -0.2) is 30.9 Å². The molecule has 2 aromatic rings. The highest BCUT2D eigenvalue weighted by Crippen LogP contribution is 2.14. The average Bonchev–Trinajstić information content (AvgIpc) is 2.56. The standard InChI is InChI=1S/C19H24N4O.HI/c1-13-5-10-17(11-14(13)2)22-19(20)21-12-15-6-8-16(9-7-15)18(24)23(3)4;/h5-11H,12H2,1-4H3,(H3,20,21,22);1H. The third-order valence-corrected chi connectivity index (χ3v) is 3.82. The van der Waals surface area contributed by atoms with E-state index >= 15 is 0 Å². The number of anilines is 1. The van der Waals surface area contributed by atoms with Gasteiger partial charge in [0, 0.05) is 25.3 Å². The first kappa shape index (κ1) is 21.0. The van der Waals surface area contributed by atoms with E-state index in [0.29, 0.717) is 18.1 Å². The molecule has 0 aliphatic rings. The maximum atomic E-state index is 11.8. The summed E-state index contributed by atoms with van der Waals surface area (Å²) < 4.78 is 0. The molecule has 0 aliphatic carbocycles. The van der Waals surface area contributed by atoms with Crippen LogP contribution < -0.4 is 11.1 Å². The Labute approximate surface area is 166 Å². The van der Waals surface area contributed by atoms with E-state index in [2.05, 4.69) is 24.2 Å². The van der Waals surface area contributed by atoms with Gasteiger partial charge in [0.15, 0.2) is 5.96 Å². The van der Waals surface area contributed by atoms with Crippen molar-refractivity contribution in [2.75, 3.05) is 19.4 Å². The molecule has 0 saturated carbocycles. The first-order valence-corrected chi connectivity index (χ1v) is 7.81. The Bertz CT molecular complexity index is 755. The highest BCUT2D eigenvalue weighted by Gasteiger charge is 2.07. The van der Waals surface area contributed by atoms with Crippen LogP contribution in [-0.2, 0) is 6.54 Å². The van der Waals surface area contributed by atoms with Crippen LogP contribution in [0.3, 0.4) is 0 Å². The smallest absolute Gasteiger partial charge is 0.253 e. The first-order chi connectivity index (χ1) is 11.4. The van der Waals surface area contributed by atoms with E-state index in [-0.39, 0.29) is 29.9 Å². The minimum atomic E-state index is -0.0130. The van der Waals surface area contributed by atoms with Crippen molar-refractivity contribution in [1.82, 2.24) is 4.90 Å². The number of aryl methyl sites for hydroxylation is 2. The summed E-state index contributed by atoms with van der Waals surface area (Å²) in [6.07, 6.45) is 0. The molecule has 2 rings (SSSR count). The summed E-state index contributed by atoms with van der Waals surface area (Å²) >= 11 is 0. The van der Waals surface area contributed by atoms with Gasteiger partial charge in [0.1, 0.15) is 0 Å². The summed E-state index contributed by atoms with van der Waals surface area (Å²) in [4.78, 5) is 17.7. The van der Waals surface area contributed by atoms with E-state index in [1.54, 1.807) is 31.1 Å². The zero-order valence-corrected chi connectivity index (χ0v) is 17.4. The average molecular weight is 452 g/mol. The fourth-order valence-corrected chi connectivity index (χ4v) is 2.19. The summed E-state index contributed by atoms with van der Waals surface area (Å²) in [7, 11) is 3.47. The Balaban J connectivity index is 0.00000312. The number of nitrogens with zero attached hydrogens (tertiary/aromatic N) is 2. The molecule has 0 atom stereocenters. The first-order valence-electron chi connectivity index (χ1n) is 7.81. The quantitative estimate of drug-likeness (QED) is 0.424. The molecule has 3 N–H and O–H groups in total. The van der Waals surface area contributed by atoms with E-state index in [1.165, 1.54) is 11.1 Å². The van der Waals surface area contributed by atoms with E-state index in [1.807, 2.05) is 30.3 Å². The molecule has 134 valence electrons. The molecule has 0 radical (unpaired) electrons. The molecule has 0 unspecified atom stereocenters. The van der Waals surface area contributed by atoms with Crippen molar-refractivity contribution in [3.63, 3.8) is 0 Å². The normalized spacial score (nSPS) is 10.8. The lowest BCUT2D eigenvalue weighted by atomic mass is 10.1. The van der Waals surface area contributed by atoms with E-state index in [9.17, 15) is 4.79 Å². The van der Waals surface area contributed by atoms with Gasteiger partial charge in [-0.1, -0.05) is 18.2 Å². The van der Waals surface area contributed by atoms with Crippen molar-refractivity contribution < 1.29 is 4.79 Å². The van der Waals surface area contributed by atoms with Gasteiger partial charge in [0.25, 0.3) is 5.91 Å². The zero-order valence-electron chi connectivity index (χ0n) is 15.0. The molecular formula is C19H25IN4O. The molecule has 5 nitrogen and oxygen atoms in total. The van der Waals surface area contributed by atoms with Crippen LogP contribution >= 0.6 is 24.0 Å². The number of rotatable bonds is 4. The molecule has 0 aliphatic heterocycles. The number of benzene rings is 2. The van der Waals surface area contributed by atoms with Crippen LogP contribution in [0.5, 0.6) is 0 Å². The van der Waals surface area contributed by atoms with Gasteiger partial charge in [-0.3, -0.25) is 4.79 Å². The van der Waals surface area contributed by atoms with E-state index < -0.39 is 0 Å². The van der Waals surface area contributed by atoms with E-state index in [0.717, 1.165) is 11.3 Å². The summed E-state index contributed by atoms with van der Waals surface area (Å²) in [5.41, 5.74) is 11.0. The number of amides is 1. The SMILES string of the molecule is Cc1ccc(NC(N)=NCc2ccc(C(=O)N(C)C)cc2)cc1C.I. The van der Waals surface area contributed by atoms with Crippen LogP contribution in [0, 0.1) is 13.8 Å². The van der Waals surface area contributed by atoms with Gasteiger partial charge in [-0.2, -0.15) is 0 Å². The number of hydrogen-bond acceptors (Lipinski definition) is 2. The molecule has 0 bridgehead atoms. The lowest BCUT2D eigenvalue weighted by Gasteiger charge is -2.10. The Morgan fingerprint density at radius 3 is 2.28 bits per heavy atom. The summed E-state index contributed by atoms with van der Waals surface area (Å²) in [6.45, 7) is 4.59. The molecule has 0 saturated heterocycles. The van der Waals surface area contributed by atoms with Crippen LogP contribution in [0.15, 0.2) is 47.5 Å². The Morgan fingerprint density at radius 2 is 1.72 bits per heavy atom. The van der Waals surface area contributed by atoms with Gasteiger partial charge in [0.05, 0.1) is 6.54 Å². The second kappa shape index (κ2) is 9.41. The summed E-state index contributed by atoms with van der Waals surface area (Å²) in [6, 6.07) is 13.5. The number of carbonyl (C=O) groups is 1. The number of carbonyl (C=O) groups excluding carboxylic acids is 1. The third-order valence-electron chi connectivity index (χ3n) is 3.82. The molecule has 0 heterocycles. The van der Waals surface area contributed by atoms with Gasteiger partial charge < -0.3 is 16.0 Å². The lowest BCUT2D eigenvalue weighted by molar-refractivity contribution is 0.0827. The van der Waals surface area contributed by atoms with Gasteiger partial charge in [-0.05, 0) is 54.8 Å². The molecule has 0 aromatic heterocycles. The van der Waals surface area contributed by atoms with Crippen molar-refractivity contribution >= 4 is 41.5 Å². The number of aliphatic imine (C=N–C) groups is 1. The van der Waals surface area contributed by atoms with Crippen LogP contribution in [0.4, 0.5) is 5.69 Å². The largest absolute Gasteiger partial charge is 0.370 e. The Hall–Kier alpha value is -2.09. The predicted octanol–water partition coefficient (Wildman–Crippen LogP) is 3.55. The van der Waals surface area contributed by atoms with Crippen molar-refractivity contribution in [1.29, 1.82) is 0 Å². The van der Waals surface area contributed by atoms with Gasteiger partial charge >= 0.3 is 0 Å².